The molecule has 2 fully saturated rings. The molecule has 4 heteroatoms. The maximum atomic E-state index is 9.42. The van der Waals surface area contributed by atoms with Crippen LogP contribution in [0.1, 0.15) is 38.5 Å². The van der Waals surface area contributed by atoms with Gasteiger partial charge in [-0.15, -0.1) is 0 Å². The lowest BCUT2D eigenvalue weighted by atomic mass is 9.91. The molecule has 88 valence electrons. The summed E-state index contributed by atoms with van der Waals surface area (Å²) in [5.74, 6) is 5.72. The number of piperidine rings is 1. The normalized spacial score (nSPS) is 35.6. The maximum Gasteiger partial charge on any atom is 0.0541 e. The van der Waals surface area contributed by atoms with Crippen molar-refractivity contribution in [2.24, 2.45) is 5.84 Å². The number of rotatable bonds is 2. The molecule has 1 saturated heterocycles. The first kappa shape index (κ1) is 11.3. The first-order valence-electron chi connectivity index (χ1n) is 6.18. The van der Waals surface area contributed by atoms with Gasteiger partial charge in [-0.25, -0.2) is 5.01 Å². The molecule has 0 aromatic rings. The Balaban J connectivity index is 1.68. The Hall–Kier alpha value is -0.160. The van der Waals surface area contributed by atoms with E-state index >= 15 is 0 Å². The van der Waals surface area contributed by atoms with E-state index in [9.17, 15) is 5.11 Å². The molecule has 0 radical (unpaired) electrons. The Kier molecular flexibility index (Phi) is 3.97. The van der Waals surface area contributed by atoms with E-state index < -0.39 is 0 Å². The summed E-state index contributed by atoms with van der Waals surface area (Å²) in [5, 5.41) is 15.0. The lowest BCUT2D eigenvalue weighted by molar-refractivity contribution is 0.108. The van der Waals surface area contributed by atoms with Gasteiger partial charge in [0.05, 0.1) is 6.10 Å². The topological polar surface area (TPSA) is 61.5 Å². The average molecular weight is 213 g/mol. The third-order valence-corrected chi connectivity index (χ3v) is 3.70. The molecule has 4 N–H and O–H groups in total. The van der Waals surface area contributed by atoms with Crippen molar-refractivity contribution in [2.45, 2.75) is 56.7 Å². The molecular weight excluding hydrogens is 190 g/mol. The van der Waals surface area contributed by atoms with Crippen LogP contribution in [-0.4, -0.2) is 41.4 Å². The highest BCUT2D eigenvalue weighted by molar-refractivity contribution is 4.82. The van der Waals surface area contributed by atoms with Gasteiger partial charge < -0.3 is 10.4 Å². The summed E-state index contributed by atoms with van der Waals surface area (Å²) < 4.78 is 0. The fraction of sp³-hybridized carbons (Fsp3) is 1.00. The van der Waals surface area contributed by atoms with Gasteiger partial charge in [0.15, 0.2) is 0 Å². The molecule has 1 heterocycles. The number of nitrogens with one attached hydrogen (secondary N) is 1. The minimum absolute atomic E-state index is 0.0473. The van der Waals surface area contributed by atoms with Crippen molar-refractivity contribution in [1.29, 1.82) is 0 Å². The Labute approximate surface area is 91.8 Å². The van der Waals surface area contributed by atoms with E-state index in [1.165, 1.54) is 0 Å². The van der Waals surface area contributed by atoms with Crippen LogP contribution in [0.2, 0.25) is 0 Å². The molecule has 0 bridgehead atoms. The van der Waals surface area contributed by atoms with Crippen molar-refractivity contribution in [3.05, 3.63) is 0 Å². The number of hydrazine groups is 1. The van der Waals surface area contributed by atoms with Crippen LogP contribution in [0.3, 0.4) is 0 Å². The molecule has 1 saturated carbocycles. The smallest absolute Gasteiger partial charge is 0.0541 e. The van der Waals surface area contributed by atoms with Crippen molar-refractivity contribution in [3.8, 4) is 0 Å². The summed E-state index contributed by atoms with van der Waals surface area (Å²) >= 11 is 0. The highest BCUT2D eigenvalue weighted by Gasteiger charge is 2.23. The van der Waals surface area contributed by atoms with Crippen molar-refractivity contribution in [1.82, 2.24) is 10.3 Å². The van der Waals surface area contributed by atoms with Gasteiger partial charge >= 0.3 is 0 Å². The molecule has 0 aromatic heterocycles. The fourth-order valence-electron chi connectivity index (χ4n) is 2.64. The van der Waals surface area contributed by atoms with Gasteiger partial charge in [0.2, 0.25) is 0 Å². The Bertz CT molecular complexity index is 164. The lowest BCUT2D eigenvalue weighted by Crippen LogP contribution is -2.49. The van der Waals surface area contributed by atoms with Crippen LogP contribution in [0.25, 0.3) is 0 Å². The number of nitrogens with zero attached hydrogens (tertiary/aromatic N) is 1. The summed E-state index contributed by atoms with van der Waals surface area (Å²) in [5.41, 5.74) is 0. The maximum absolute atomic E-state index is 9.42. The number of aliphatic hydroxyl groups is 1. The molecule has 0 spiro atoms. The molecule has 2 aliphatic rings. The van der Waals surface area contributed by atoms with Crippen LogP contribution in [0, 0.1) is 0 Å². The highest BCUT2D eigenvalue weighted by Crippen LogP contribution is 2.20. The third kappa shape index (κ3) is 3.41. The molecule has 0 unspecified atom stereocenters. The van der Waals surface area contributed by atoms with E-state index in [4.69, 9.17) is 5.84 Å². The largest absolute Gasteiger partial charge is 0.393 e. The van der Waals surface area contributed by atoms with E-state index in [0.717, 1.165) is 51.6 Å². The molecule has 0 aromatic carbocycles. The van der Waals surface area contributed by atoms with Crippen molar-refractivity contribution in [2.75, 3.05) is 13.1 Å². The molecule has 15 heavy (non-hydrogen) atoms. The van der Waals surface area contributed by atoms with E-state index in [1.54, 1.807) is 0 Å². The molecule has 2 rings (SSSR count). The number of hydrogen-bond acceptors (Lipinski definition) is 4. The van der Waals surface area contributed by atoms with Gasteiger partial charge in [0.25, 0.3) is 0 Å². The molecule has 0 atom stereocenters. The minimum atomic E-state index is -0.0473. The second-order valence-corrected chi connectivity index (χ2v) is 4.98. The van der Waals surface area contributed by atoms with Gasteiger partial charge in [0.1, 0.15) is 0 Å². The van der Waals surface area contributed by atoms with Gasteiger partial charge in [-0.2, -0.15) is 0 Å². The number of hydrogen-bond donors (Lipinski definition) is 3. The summed E-state index contributed by atoms with van der Waals surface area (Å²) in [6.45, 7) is 2.01. The van der Waals surface area contributed by atoms with Crippen LogP contribution < -0.4 is 11.2 Å². The Morgan fingerprint density at radius 3 is 2.07 bits per heavy atom. The zero-order chi connectivity index (χ0) is 10.7. The zero-order valence-corrected chi connectivity index (χ0v) is 9.36. The fourth-order valence-corrected chi connectivity index (χ4v) is 2.64. The van der Waals surface area contributed by atoms with Crippen molar-refractivity contribution in [3.63, 3.8) is 0 Å². The lowest BCUT2D eigenvalue weighted by Gasteiger charge is -2.34. The summed E-state index contributed by atoms with van der Waals surface area (Å²) in [6.07, 6.45) is 6.47. The molecular formula is C11H23N3O. The second kappa shape index (κ2) is 5.25. The van der Waals surface area contributed by atoms with E-state index in [-0.39, 0.29) is 6.10 Å². The Morgan fingerprint density at radius 2 is 1.47 bits per heavy atom. The average Bonchev–Trinajstić information content (AvgIpc) is 2.25. The highest BCUT2D eigenvalue weighted by atomic mass is 16.3. The van der Waals surface area contributed by atoms with Gasteiger partial charge in [-0.3, -0.25) is 5.84 Å². The van der Waals surface area contributed by atoms with Crippen LogP contribution in [-0.2, 0) is 0 Å². The first-order chi connectivity index (χ1) is 7.24. The van der Waals surface area contributed by atoms with Crippen molar-refractivity contribution < 1.29 is 5.11 Å². The predicted molar refractivity (Wildman–Crippen MR) is 60.2 cm³/mol. The molecule has 1 aliphatic carbocycles. The predicted octanol–water partition coefficient (Wildman–Crippen LogP) is 0.218. The van der Waals surface area contributed by atoms with Gasteiger partial charge in [0, 0.05) is 25.2 Å². The second-order valence-electron chi connectivity index (χ2n) is 4.98. The van der Waals surface area contributed by atoms with Gasteiger partial charge in [-0.05, 0) is 38.5 Å². The van der Waals surface area contributed by atoms with Crippen molar-refractivity contribution >= 4 is 0 Å². The number of nitrogens with two attached hydrogens (primary N) is 1. The van der Waals surface area contributed by atoms with Gasteiger partial charge in [-0.1, -0.05) is 0 Å². The van der Waals surface area contributed by atoms with Crippen LogP contribution >= 0.6 is 0 Å². The SMILES string of the molecule is NN1CCC(NC2CCC(O)CC2)CC1. The zero-order valence-electron chi connectivity index (χ0n) is 9.36. The standard InChI is InChI=1S/C11H23N3O/c12-14-7-5-10(6-8-14)13-9-1-3-11(15)4-2-9/h9-11,13,15H,1-8,12H2. The third-order valence-electron chi connectivity index (χ3n) is 3.70. The van der Waals surface area contributed by atoms with Crippen LogP contribution in [0.5, 0.6) is 0 Å². The summed E-state index contributed by atoms with van der Waals surface area (Å²) in [7, 11) is 0. The monoisotopic (exact) mass is 213 g/mol. The summed E-state index contributed by atoms with van der Waals surface area (Å²) in [6, 6.07) is 1.27. The van der Waals surface area contributed by atoms with Crippen LogP contribution in [0.4, 0.5) is 0 Å². The quantitative estimate of drug-likeness (QED) is 0.574. The molecule has 4 nitrogen and oxygen atoms in total. The van der Waals surface area contributed by atoms with Crippen LogP contribution in [0.15, 0.2) is 0 Å². The minimum Gasteiger partial charge on any atom is -0.393 e. The first-order valence-corrected chi connectivity index (χ1v) is 6.18. The van der Waals surface area contributed by atoms with E-state index in [1.807, 2.05) is 5.01 Å². The van der Waals surface area contributed by atoms with E-state index in [2.05, 4.69) is 5.32 Å². The molecule has 1 aliphatic heterocycles. The van der Waals surface area contributed by atoms with E-state index in [0.29, 0.717) is 12.1 Å². The summed E-state index contributed by atoms with van der Waals surface area (Å²) in [4.78, 5) is 0. The Morgan fingerprint density at radius 1 is 0.933 bits per heavy atom. The number of aliphatic hydroxyl groups excluding tert-OH is 1. The molecule has 0 amide bonds.